The van der Waals surface area contributed by atoms with Gasteiger partial charge in [0.15, 0.2) is 0 Å². The van der Waals surface area contributed by atoms with Crippen LogP contribution in [0.5, 0.6) is 0 Å². The molecule has 10 heavy (non-hydrogen) atoms. The molecule has 2 atom stereocenters. The minimum Gasteiger partial charge on any atom is -0.391 e. The molecule has 0 aliphatic rings. The molecule has 0 radical (unpaired) electrons. The van der Waals surface area contributed by atoms with Gasteiger partial charge < -0.3 is 9.84 Å². The van der Waals surface area contributed by atoms with Crippen molar-refractivity contribution in [1.29, 1.82) is 0 Å². The zero-order valence-electron chi connectivity index (χ0n) is 6.83. The number of rotatable bonds is 5. The SMILES string of the molecule is CSCC(C)OCC(C)O. The van der Waals surface area contributed by atoms with E-state index in [1.54, 1.807) is 18.7 Å². The maximum absolute atomic E-state index is 8.84. The molecule has 0 saturated heterocycles. The highest BCUT2D eigenvalue weighted by atomic mass is 32.2. The van der Waals surface area contributed by atoms with Crippen LogP contribution in [0, 0.1) is 0 Å². The van der Waals surface area contributed by atoms with Crippen molar-refractivity contribution in [2.75, 3.05) is 18.6 Å². The van der Waals surface area contributed by atoms with Crippen LogP contribution in [0.2, 0.25) is 0 Å². The Morgan fingerprint density at radius 1 is 1.50 bits per heavy atom. The van der Waals surface area contributed by atoms with Gasteiger partial charge in [-0.05, 0) is 20.1 Å². The molecule has 0 spiro atoms. The lowest BCUT2D eigenvalue weighted by atomic mass is 10.4. The van der Waals surface area contributed by atoms with Crippen molar-refractivity contribution in [3.05, 3.63) is 0 Å². The van der Waals surface area contributed by atoms with Crippen molar-refractivity contribution in [1.82, 2.24) is 0 Å². The van der Waals surface area contributed by atoms with Crippen LogP contribution in [0.3, 0.4) is 0 Å². The average molecular weight is 164 g/mol. The summed E-state index contributed by atoms with van der Waals surface area (Å²) in [6, 6.07) is 0. The van der Waals surface area contributed by atoms with Crippen molar-refractivity contribution >= 4 is 11.8 Å². The van der Waals surface area contributed by atoms with Crippen LogP contribution in [0.25, 0.3) is 0 Å². The van der Waals surface area contributed by atoms with E-state index in [2.05, 4.69) is 0 Å². The van der Waals surface area contributed by atoms with E-state index in [-0.39, 0.29) is 12.2 Å². The zero-order chi connectivity index (χ0) is 7.98. The van der Waals surface area contributed by atoms with Crippen LogP contribution in [-0.4, -0.2) is 35.9 Å². The second kappa shape index (κ2) is 6.01. The normalized spacial score (nSPS) is 16.8. The Kier molecular flexibility index (Phi) is 6.17. The first-order valence-corrected chi connectivity index (χ1v) is 4.84. The second-order valence-electron chi connectivity index (χ2n) is 2.45. The molecule has 2 nitrogen and oxygen atoms in total. The molecule has 0 aromatic heterocycles. The molecule has 0 heterocycles. The van der Waals surface area contributed by atoms with Crippen molar-refractivity contribution in [2.24, 2.45) is 0 Å². The molecule has 0 rings (SSSR count). The van der Waals surface area contributed by atoms with E-state index in [0.29, 0.717) is 6.61 Å². The van der Waals surface area contributed by atoms with Gasteiger partial charge in [0.05, 0.1) is 18.8 Å². The number of ether oxygens (including phenoxy) is 1. The van der Waals surface area contributed by atoms with Crippen molar-refractivity contribution in [3.63, 3.8) is 0 Å². The van der Waals surface area contributed by atoms with Crippen LogP contribution in [0.15, 0.2) is 0 Å². The topological polar surface area (TPSA) is 29.5 Å². The fourth-order valence-electron chi connectivity index (χ4n) is 0.586. The maximum Gasteiger partial charge on any atom is 0.0745 e. The lowest BCUT2D eigenvalue weighted by molar-refractivity contribution is 0.0154. The molecule has 0 aliphatic carbocycles. The third-order valence-electron chi connectivity index (χ3n) is 1.02. The van der Waals surface area contributed by atoms with E-state index >= 15 is 0 Å². The number of hydrogen-bond acceptors (Lipinski definition) is 3. The molecule has 0 bridgehead atoms. The summed E-state index contributed by atoms with van der Waals surface area (Å²) in [7, 11) is 0. The summed E-state index contributed by atoms with van der Waals surface area (Å²) in [5.41, 5.74) is 0. The molecule has 0 aromatic rings. The predicted octanol–water partition coefficient (Wildman–Crippen LogP) is 1.14. The molecular formula is C7H16O2S. The standard InChI is InChI=1S/C7H16O2S/c1-6(8)4-9-7(2)5-10-3/h6-8H,4-5H2,1-3H3. The monoisotopic (exact) mass is 164 g/mol. The van der Waals surface area contributed by atoms with Gasteiger partial charge in [-0.25, -0.2) is 0 Å². The summed E-state index contributed by atoms with van der Waals surface area (Å²) >= 11 is 1.75. The van der Waals surface area contributed by atoms with Gasteiger partial charge in [0.1, 0.15) is 0 Å². The molecule has 3 heteroatoms. The summed E-state index contributed by atoms with van der Waals surface area (Å²) in [4.78, 5) is 0. The highest BCUT2D eigenvalue weighted by Crippen LogP contribution is 2.00. The van der Waals surface area contributed by atoms with Gasteiger partial charge >= 0.3 is 0 Å². The fourth-order valence-corrected chi connectivity index (χ4v) is 1.15. The molecule has 62 valence electrons. The Morgan fingerprint density at radius 3 is 2.50 bits per heavy atom. The largest absolute Gasteiger partial charge is 0.391 e. The van der Waals surface area contributed by atoms with E-state index in [1.807, 2.05) is 13.2 Å². The molecular weight excluding hydrogens is 148 g/mol. The van der Waals surface area contributed by atoms with Gasteiger partial charge in [0.2, 0.25) is 0 Å². The van der Waals surface area contributed by atoms with Gasteiger partial charge in [0, 0.05) is 5.75 Å². The fraction of sp³-hybridized carbons (Fsp3) is 1.00. The minimum absolute atomic E-state index is 0.254. The number of aliphatic hydroxyl groups excluding tert-OH is 1. The summed E-state index contributed by atoms with van der Waals surface area (Å²) in [5, 5.41) is 8.84. The number of hydrogen-bond donors (Lipinski definition) is 1. The van der Waals surface area contributed by atoms with Gasteiger partial charge in [-0.2, -0.15) is 11.8 Å². The molecule has 0 saturated carbocycles. The Morgan fingerprint density at radius 2 is 2.10 bits per heavy atom. The van der Waals surface area contributed by atoms with Crippen molar-refractivity contribution in [2.45, 2.75) is 26.1 Å². The summed E-state index contributed by atoms with van der Waals surface area (Å²) < 4.78 is 5.27. The van der Waals surface area contributed by atoms with Gasteiger partial charge in [0.25, 0.3) is 0 Å². The average Bonchev–Trinajstić information content (AvgIpc) is 1.85. The van der Waals surface area contributed by atoms with Gasteiger partial charge in [-0.15, -0.1) is 0 Å². The van der Waals surface area contributed by atoms with E-state index in [1.165, 1.54) is 0 Å². The highest BCUT2D eigenvalue weighted by molar-refractivity contribution is 7.98. The smallest absolute Gasteiger partial charge is 0.0745 e. The van der Waals surface area contributed by atoms with Gasteiger partial charge in [-0.1, -0.05) is 0 Å². The van der Waals surface area contributed by atoms with Crippen molar-refractivity contribution < 1.29 is 9.84 Å². The van der Waals surface area contributed by atoms with E-state index in [4.69, 9.17) is 9.84 Å². The summed E-state index contributed by atoms with van der Waals surface area (Å²) in [6.07, 6.45) is 1.95. The minimum atomic E-state index is -0.343. The highest BCUT2D eigenvalue weighted by Gasteiger charge is 2.02. The summed E-state index contributed by atoms with van der Waals surface area (Å²) in [6.45, 7) is 4.19. The zero-order valence-corrected chi connectivity index (χ0v) is 7.65. The molecule has 0 aliphatic heterocycles. The Hall–Kier alpha value is 0.270. The molecule has 1 N–H and O–H groups in total. The number of thioether (sulfide) groups is 1. The van der Waals surface area contributed by atoms with Crippen LogP contribution in [-0.2, 0) is 4.74 Å². The van der Waals surface area contributed by atoms with Crippen LogP contribution in [0.4, 0.5) is 0 Å². The molecule has 0 aromatic carbocycles. The number of aliphatic hydroxyl groups is 1. The Balaban J connectivity index is 3.12. The molecule has 2 unspecified atom stereocenters. The first-order chi connectivity index (χ1) is 4.66. The van der Waals surface area contributed by atoms with E-state index in [9.17, 15) is 0 Å². The first kappa shape index (κ1) is 10.3. The molecule has 0 amide bonds. The van der Waals surface area contributed by atoms with Crippen LogP contribution < -0.4 is 0 Å². The lowest BCUT2D eigenvalue weighted by Gasteiger charge is -2.12. The Labute approximate surface area is 67.0 Å². The lowest BCUT2D eigenvalue weighted by Crippen LogP contribution is -2.18. The third-order valence-corrected chi connectivity index (χ3v) is 1.83. The maximum atomic E-state index is 8.84. The quantitative estimate of drug-likeness (QED) is 0.660. The van der Waals surface area contributed by atoms with E-state index < -0.39 is 0 Å². The van der Waals surface area contributed by atoms with Crippen LogP contribution in [0.1, 0.15) is 13.8 Å². The van der Waals surface area contributed by atoms with Gasteiger partial charge in [-0.3, -0.25) is 0 Å². The van der Waals surface area contributed by atoms with Crippen LogP contribution >= 0.6 is 11.8 Å². The predicted molar refractivity (Wildman–Crippen MR) is 45.5 cm³/mol. The Bertz CT molecular complexity index is 76.0. The van der Waals surface area contributed by atoms with E-state index in [0.717, 1.165) is 5.75 Å². The third kappa shape index (κ3) is 6.39. The summed E-state index contributed by atoms with van der Waals surface area (Å²) in [5.74, 6) is 0.993. The first-order valence-electron chi connectivity index (χ1n) is 3.45. The second-order valence-corrected chi connectivity index (χ2v) is 3.36. The molecule has 0 fully saturated rings. The van der Waals surface area contributed by atoms with Crippen molar-refractivity contribution in [3.8, 4) is 0 Å².